The summed E-state index contributed by atoms with van der Waals surface area (Å²) in [4.78, 5) is 0. The van der Waals surface area contributed by atoms with Crippen molar-refractivity contribution in [3.05, 3.63) is 77.0 Å². The molecule has 19 heavy (non-hydrogen) atoms. The molecule has 0 aliphatic heterocycles. The van der Waals surface area contributed by atoms with Crippen molar-refractivity contribution in [2.45, 2.75) is 13.0 Å². The third-order valence-electron chi connectivity index (χ3n) is 2.67. The average Bonchev–Trinajstić information content (AvgIpc) is 2.39. The first-order valence-electron chi connectivity index (χ1n) is 6.03. The summed E-state index contributed by atoms with van der Waals surface area (Å²) in [6.45, 7) is 4.22. The minimum absolute atomic E-state index is 0.528. The Morgan fingerprint density at radius 1 is 1.00 bits per heavy atom. The van der Waals surface area contributed by atoms with E-state index in [1.807, 2.05) is 48.5 Å². The molecule has 0 atom stereocenters. The molecule has 2 N–H and O–H groups in total. The van der Waals surface area contributed by atoms with Gasteiger partial charge in [0.1, 0.15) is 12.4 Å². The number of nitrogens with two attached hydrogens (primary N) is 1. The van der Waals surface area contributed by atoms with E-state index in [-0.39, 0.29) is 0 Å². The topological polar surface area (TPSA) is 35.2 Å². The Balaban J connectivity index is 1.92. The Bertz CT molecular complexity index is 546. The highest BCUT2D eigenvalue weighted by atomic mass is 35.5. The molecule has 0 radical (unpaired) electrons. The molecule has 2 rings (SSSR count). The molecule has 0 saturated carbocycles. The first-order chi connectivity index (χ1) is 9.13. The monoisotopic (exact) mass is 273 g/mol. The maximum Gasteiger partial charge on any atom is 0.119 e. The van der Waals surface area contributed by atoms with E-state index in [4.69, 9.17) is 22.1 Å². The zero-order chi connectivity index (χ0) is 13.7. The zero-order valence-electron chi connectivity index (χ0n) is 10.6. The molecule has 0 aromatic heterocycles. The van der Waals surface area contributed by atoms with Gasteiger partial charge in [0.05, 0.1) is 0 Å². The molecule has 0 aliphatic carbocycles. The number of allylic oxidation sites excluding steroid dienone is 1. The molecule has 0 fully saturated rings. The smallest absolute Gasteiger partial charge is 0.119 e. The highest BCUT2D eigenvalue weighted by molar-refractivity contribution is 6.30. The van der Waals surface area contributed by atoms with Gasteiger partial charge >= 0.3 is 0 Å². The summed E-state index contributed by atoms with van der Waals surface area (Å²) in [5.41, 5.74) is 8.45. The number of halogens is 1. The van der Waals surface area contributed by atoms with Gasteiger partial charge in [-0.25, -0.2) is 0 Å². The normalized spacial score (nSPS) is 10.2. The van der Waals surface area contributed by atoms with Crippen LogP contribution in [0.1, 0.15) is 11.1 Å². The first-order valence-corrected chi connectivity index (χ1v) is 6.41. The number of hydrogen-bond acceptors (Lipinski definition) is 2. The van der Waals surface area contributed by atoms with Gasteiger partial charge in [-0.1, -0.05) is 42.4 Å². The molecule has 0 heterocycles. The highest BCUT2D eigenvalue weighted by Crippen LogP contribution is 2.16. The van der Waals surface area contributed by atoms with Gasteiger partial charge in [-0.2, -0.15) is 0 Å². The fourth-order valence-corrected chi connectivity index (χ4v) is 1.84. The standard InChI is InChI=1S/C16H16ClNO/c1-12(18)10-13-4-8-16(9-5-13)19-11-14-2-6-15(17)7-3-14/h2-9H,1,10-11,18H2. The van der Waals surface area contributed by atoms with Gasteiger partial charge in [0.2, 0.25) is 0 Å². The quantitative estimate of drug-likeness (QED) is 0.896. The van der Waals surface area contributed by atoms with Crippen LogP contribution in [0.25, 0.3) is 0 Å². The van der Waals surface area contributed by atoms with E-state index in [2.05, 4.69) is 6.58 Å². The second-order valence-corrected chi connectivity index (χ2v) is 4.83. The molecule has 0 spiro atoms. The SMILES string of the molecule is C=C(N)Cc1ccc(OCc2ccc(Cl)cc2)cc1. The van der Waals surface area contributed by atoms with Crippen LogP contribution in [-0.2, 0) is 13.0 Å². The molecule has 2 aromatic rings. The molecule has 0 saturated heterocycles. The van der Waals surface area contributed by atoms with Gasteiger partial charge in [-0.15, -0.1) is 0 Å². The van der Waals surface area contributed by atoms with Crippen LogP contribution in [0.4, 0.5) is 0 Å². The third-order valence-corrected chi connectivity index (χ3v) is 2.93. The van der Waals surface area contributed by atoms with Crippen LogP contribution in [0.15, 0.2) is 60.8 Å². The molecule has 0 unspecified atom stereocenters. The molecule has 2 aromatic carbocycles. The molecule has 0 bridgehead atoms. The maximum atomic E-state index is 5.83. The number of rotatable bonds is 5. The van der Waals surface area contributed by atoms with E-state index in [0.29, 0.717) is 18.7 Å². The molecule has 3 heteroatoms. The van der Waals surface area contributed by atoms with Crippen LogP contribution in [0.2, 0.25) is 5.02 Å². The largest absolute Gasteiger partial charge is 0.489 e. The summed E-state index contributed by atoms with van der Waals surface area (Å²) in [5, 5.41) is 0.732. The summed E-state index contributed by atoms with van der Waals surface area (Å²) in [6.07, 6.45) is 0.692. The first kappa shape index (κ1) is 13.5. The molecule has 2 nitrogen and oxygen atoms in total. The maximum absolute atomic E-state index is 5.83. The van der Waals surface area contributed by atoms with Crippen LogP contribution in [0.5, 0.6) is 5.75 Å². The van der Waals surface area contributed by atoms with Crippen molar-refractivity contribution in [1.82, 2.24) is 0 Å². The van der Waals surface area contributed by atoms with Gasteiger partial charge < -0.3 is 10.5 Å². The third kappa shape index (κ3) is 4.34. The summed E-state index contributed by atoms with van der Waals surface area (Å²) in [7, 11) is 0. The Hall–Kier alpha value is -1.93. The fraction of sp³-hybridized carbons (Fsp3) is 0.125. The van der Waals surface area contributed by atoms with Crippen molar-refractivity contribution in [2.75, 3.05) is 0 Å². The summed E-state index contributed by atoms with van der Waals surface area (Å²) in [6, 6.07) is 15.5. The predicted molar refractivity (Wildman–Crippen MR) is 79.3 cm³/mol. The van der Waals surface area contributed by atoms with E-state index in [1.165, 1.54) is 0 Å². The lowest BCUT2D eigenvalue weighted by atomic mass is 10.1. The summed E-state index contributed by atoms with van der Waals surface area (Å²) < 4.78 is 5.70. The van der Waals surface area contributed by atoms with Gasteiger partial charge in [0.15, 0.2) is 0 Å². The summed E-state index contributed by atoms with van der Waals surface area (Å²) >= 11 is 5.83. The minimum Gasteiger partial charge on any atom is -0.489 e. The van der Waals surface area contributed by atoms with Crippen molar-refractivity contribution in [3.8, 4) is 5.75 Å². The Morgan fingerprint density at radius 2 is 1.58 bits per heavy atom. The van der Waals surface area contributed by atoms with Crippen molar-refractivity contribution in [1.29, 1.82) is 0 Å². The second-order valence-electron chi connectivity index (χ2n) is 4.39. The molecular weight excluding hydrogens is 258 g/mol. The van der Waals surface area contributed by atoms with E-state index in [9.17, 15) is 0 Å². The molecule has 0 aliphatic rings. The lowest BCUT2D eigenvalue weighted by Crippen LogP contribution is -1.99. The van der Waals surface area contributed by atoms with Crippen LogP contribution < -0.4 is 10.5 Å². The van der Waals surface area contributed by atoms with Crippen molar-refractivity contribution in [3.63, 3.8) is 0 Å². The lowest BCUT2D eigenvalue weighted by molar-refractivity contribution is 0.306. The number of ether oxygens (including phenoxy) is 1. The minimum atomic E-state index is 0.528. The van der Waals surface area contributed by atoms with Crippen LogP contribution in [0, 0.1) is 0 Å². The van der Waals surface area contributed by atoms with Crippen molar-refractivity contribution >= 4 is 11.6 Å². The molecular formula is C16H16ClNO. The molecule has 0 amide bonds. The van der Waals surface area contributed by atoms with Crippen LogP contribution in [-0.4, -0.2) is 0 Å². The van der Waals surface area contributed by atoms with Crippen LogP contribution >= 0.6 is 11.6 Å². The van der Waals surface area contributed by atoms with E-state index < -0.39 is 0 Å². The van der Waals surface area contributed by atoms with Crippen molar-refractivity contribution in [2.24, 2.45) is 5.73 Å². The molecule has 98 valence electrons. The summed E-state index contributed by atoms with van der Waals surface area (Å²) in [5.74, 6) is 0.835. The van der Waals surface area contributed by atoms with Gasteiger partial charge in [0, 0.05) is 17.1 Å². The number of hydrogen-bond donors (Lipinski definition) is 1. The Kier molecular flexibility index (Phi) is 4.48. The van der Waals surface area contributed by atoms with Gasteiger partial charge in [0.25, 0.3) is 0 Å². The van der Waals surface area contributed by atoms with E-state index in [1.54, 1.807) is 0 Å². The number of benzene rings is 2. The van der Waals surface area contributed by atoms with Crippen molar-refractivity contribution < 1.29 is 4.74 Å². The van der Waals surface area contributed by atoms with Gasteiger partial charge in [-0.05, 0) is 35.4 Å². The van der Waals surface area contributed by atoms with E-state index in [0.717, 1.165) is 21.9 Å². The van der Waals surface area contributed by atoms with Gasteiger partial charge in [-0.3, -0.25) is 0 Å². The Morgan fingerprint density at radius 3 is 2.16 bits per heavy atom. The van der Waals surface area contributed by atoms with Crippen LogP contribution in [0.3, 0.4) is 0 Å². The predicted octanol–water partition coefficient (Wildman–Crippen LogP) is 3.93. The average molecular weight is 274 g/mol. The Labute approximate surface area is 118 Å². The fourth-order valence-electron chi connectivity index (χ4n) is 1.71. The highest BCUT2D eigenvalue weighted by Gasteiger charge is 1.98. The van der Waals surface area contributed by atoms with E-state index >= 15 is 0 Å². The zero-order valence-corrected chi connectivity index (χ0v) is 11.4. The second kappa shape index (κ2) is 6.30. The lowest BCUT2D eigenvalue weighted by Gasteiger charge is -2.07.